The molecular formula is C15H24N4O2. The molecule has 1 saturated carbocycles. The molecule has 0 bridgehead atoms. The number of anilines is 1. The van der Waals surface area contributed by atoms with Gasteiger partial charge in [-0.05, 0) is 37.8 Å². The van der Waals surface area contributed by atoms with Crippen LogP contribution in [-0.4, -0.2) is 30.1 Å². The lowest BCUT2D eigenvalue weighted by atomic mass is 10.1. The molecule has 1 aromatic heterocycles. The quantitative estimate of drug-likeness (QED) is 0.547. The van der Waals surface area contributed by atoms with Gasteiger partial charge in [0, 0.05) is 24.4 Å². The average Bonchev–Trinajstić information content (AvgIpc) is 2.94. The van der Waals surface area contributed by atoms with E-state index in [4.69, 9.17) is 10.6 Å². The van der Waals surface area contributed by atoms with Gasteiger partial charge >= 0.3 is 0 Å². The second-order valence-corrected chi connectivity index (χ2v) is 5.47. The largest absolute Gasteiger partial charge is 0.381 e. The van der Waals surface area contributed by atoms with Crippen molar-refractivity contribution in [3.05, 3.63) is 23.4 Å². The molecule has 2 atom stereocenters. The van der Waals surface area contributed by atoms with E-state index in [1.54, 1.807) is 13.2 Å². The zero-order chi connectivity index (χ0) is 15.2. The van der Waals surface area contributed by atoms with Crippen molar-refractivity contribution in [1.29, 1.82) is 0 Å². The molecule has 1 amide bonds. The molecule has 6 nitrogen and oxygen atoms in total. The van der Waals surface area contributed by atoms with Crippen LogP contribution in [0.4, 0.5) is 5.82 Å². The number of hydrazine groups is 1. The number of nitrogens with one attached hydrogen (secondary N) is 2. The molecule has 6 heteroatoms. The second kappa shape index (κ2) is 7.38. The number of rotatable bonds is 6. The number of amides is 1. The molecule has 1 aliphatic carbocycles. The van der Waals surface area contributed by atoms with Crippen LogP contribution in [0.3, 0.4) is 0 Å². The minimum absolute atomic E-state index is 0.0759. The zero-order valence-electron chi connectivity index (χ0n) is 12.7. The van der Waals surface area contributed by atoms with Crippen LogP contribution >= 0.6 is 0 Å². The number of carbonyl (C=O) groups is 1. The lowest BCUT2D eigenvalue weighted by Gasteiger charge is -2.14. The van der Waals surface area contributed by atoms with Gasteiger partial charge in [0.2, 0.25) is 0 Å². The summed E-state index contributed by atoms with van der Waals surface area (Å²) in [6.45, 7) is 2.08. The zero-order valence-corrected chi connectivity index (χ0v) is 12.7. The Bertz CT molecular complexity index is 493. The Morgan fingerprint density at radius 2 is 2.29 bits per heavy atom. The average molecular weight is 292 g/mol. The van der Waals surface area contributed by atoms with Gasteiger partial charge in [-0.1, -0.05) is 13.3 Å². The Hall–Kier alpha value is -1.66. The number of pyridine rings is 1. The van der Waals surface area contributed by atoms with Gasteiger partial charge < -0.3 is 15.5 Å². The number of aromatic nitrogens is 1. The first kappa shape index (κ1) is 15.7. The van der Waals surface area contributed by atoms with Gasteiger partial charge in [0.15, 0.2) is 0 Å². The fourth-order valence-electron chi connectivity index (χ4n) is 2.73. The van der Waals surface area contributed by atoms with Gasteiger partial charge in [-0.25, -0.2) is 10.8 Å². The lowest BCUT2D eigenvalue weighted by Crippen LogP contribution is -2.33. The molecule has 0 radical (unpaired) electrons. The molecular weight excluding hydrogens is 268 g/mol. The third kappa shape index (κ3) is 4.15. The molecule has 1 aromatic rings. The maximum atomic E-state index is 12.4. The lowest BCUT2D eigenvalue weighted by molar-refractivity contribution is 0.0915. The van der Waals surface area contributed by atoms with Crippen molar-refractivity contribution >= 4 is 11.7 Å². The van der Waals surface area contributed by atoms with E-state index in [1.165, 1.54) is 0 Å². The first-order chi connectivity index (χ1) is 10.2. The van der Waals surface area contributed by atoms with Crippen molar-refractivity contribution in [2.75, 3.05) is 12.5 Å². The van der Waals surface area contributed by atoms with E-state index in [-0.39, 0.29) is 18.1 Å². The highest BCUT2D eigenvalue weighted by atomic mass is 16.5. The summed E-state index contributed by atoms with van der Waals surface area (Å²) < 4.78 is 5.33. The van der Waals surface area contributed by atoms with Gasteiger partial charge in [0.05, 0.1) is 6.10 Å². The number of hydrogen-bond donors (Lipinski definition) is 3. The molecule has 116 valence electrons. The van der Waals surface area contributed by atoms with E-state index in [0.717, 1.165) is 37.8 Å². The van der Waals surface area contributed by atoms with Crippen LogP contribution in [-0.2, 0) is 11.2 Å². The standard InChI is InChI=1S/C15H24N4O2/c1-3-4-11-7-10(8-14(17-11)19-16)15(20)18-12-5-6-13(9-12)21-2/h7-8,12-13H,3-6,9,16H2,1-2H3,(H,17,19)(H,18,20). The van der Waals surface area contributed by atoms with Crippen molar-refractivity contribution in [3.8, 4) is 0 Å². The van der Waals surface area contributed by atoms with Gasteiger partial charge in [0.1, 0.15) is 5.82 Å². The maximum absolute atomic E-state index is 12.4. The molecule has 0 spiro atoms. The maximum Gasteiger partial charge on any atom is 0.251 e. The Balaban J connectivity index is 2.06. The highest BCUT2D eigenvalue weighted by molar-refractivity contribution is 5.95. The van der Waals surface area contributed by atoms with Gasteiger partial charge in [-0.15, -0.1) is 0 Å². The molecule has 2 rings (SSSR count). The van der Waals surface area contributed by atoms with Crippen LogP contribution in [0.5, 0.6) is 0 Å². The molecule has 21 heavy (non-hydrogen) atoms. The first-order valence-corrected chi connectivity index (χ1v) is 7.47. The predicted octanol–water partition coefficient (Wildman–Crippen LogP) is 1.62. The van der Waals surface area contributed by atoms with Crippen molar-refractivity contribution in [3.63, 3.8) is 0 Å². The Morgan fingerprint density at radius 1 is 1.48 bits per heavy atom. The Kier molecular flexibility index (Phi) is 5.52. The van der Waals surface area contributed by atoms with E-state index >= 15 is 0 Å². The topological polar surface area (TPSA) is 89.3 Å². The first-order valence-electron chi connectivity index (χ1n) is 7.47. The van der Waals surface area contributed by atoms with E-state index in [2.05, 4.69) is 22.7 Å². The van der Waals surface area contributed by atoms with Crippen LogP contribution in [0.2, 0.25) is 0 Å². The van der Waals surface area contributed by atoms with E-state index in [0.29, 0.717) is 11.4 Å². The summed E-state index contributed by atoms with van der Waals surface area (Å²) >= 11 is 0. The summed E-state index contributed by atoms with van der Waals surface area (Å²) in [5.41, 5.74) is 3.99. The molecule has 4 N–H and O–H groups in total. The number of carbonyl (C=O) groups excluding carboxylic acids is 1. The highest BCUT2D eigenvalue weighted by Crippen LogP contribution is 2.22. The number of nitrogen functional groups attached to an aromatic ring is 1. The molecule has 1 heterocycles. The van der Waals surface area contributed by atoms with E-state index in [1.807, 2.05) is 6.07 Å². The SMILES string of the molecule is CCCc1cc(C(=O)NC2CCC(OC)C2)cc(NN)n1. The van der Waals surface area contributed by atoms with Crippen molar-refractivity contribution in [2.45, 2.75) is 51.2 Å². The number of hydrogen-bond acceptors (Lipinski definition) is 5. The summed E-state index contributed by atoms with van der Waals surface area (Å²) in [6.07, 6.45) is 4.88. The summed E-state index contributed by atoms with van der Waals surface area (Å²) in [6, 6.07) is 3.69. The Labute approximate surface area is 125 Å². The Morgan fingerprint density at radius 3 is 2.90 bits per heavy atom. The summed E-state index contributed by atoms with van der Waals surface area (Å²) in [4.78, 5) is 16.7. The monoisotopic (exact) mass is 292 g/mol. The molecule has 1 fully saturated rings. The molecule has 0 aromatic carbocycles. The molecule has 1 aliphatic rings. The number of aryl methyl sites for hydroxylation is 1. The second-order valence-electron chi connectivity index (χ2n) is 5.47. The third-order valence-electron chi connectivity index (χ3n) is 3.85. The number of methoxy groups -OCH3 is 1. The predicted molar refractivity (Wildman–Crippen MR) is 81.9 cm³/mol. The summed E-state index contributed by atoms with van der Waals surface area (Å²) in [5, 5.41) is 3.06. The van der Waals surface area contributed by atoms with Crippen LogP contribution in [0.15, 0.2) is 12.1 Å². The molecule has 0 saturated heterocycles. The van der Waals surface area contributed by atoms with E-state index < -0.39 is 0 Å². The summed E-state index contributed by atoms with van der Waals surface area (Å²) in [7, 11) is 1.72. The summed E-state index contributed by atoms with van der Waals surface area (Å²) in [5.74, 6) is 5.87. The fourth-order valence-corrected chi connectivity index (χ4v) is 2.73. The smallest absolute Gasteiger partial charge is 0.251 e. The third-order valence-corrected chi connectivity index (χ3v) is 3.85. The normalized spacial score (nSPS) is 21.3. The molecule has 0 aliphatic heterocycles. The van der Waals surface area contributed by atoms with E-state index in [9.17, 15) is 4.79 Å². The number of nitrogens with two attached hydrogens (primary N) is 1. The van der Waals surface area contributed by atoms with Crippen molar-refractivity contribution < 1.29 is 9.53 Å². The van der Waals surface area contributed by atoms with Crippen molar-refractivity contribution in [1.82, 2.24) is 10.3 Å². The highest BCUT2D eigenvalue weighted by Gasteiger charge is 2.26. The van der Waals surface area contributed by atoms with Crippen LogP contribution in [0, 0.1) is 0 Å². The molecule has 2 unspecified atom stereocenters. The van der Waals surface area contributed by atoms with Gasteiger partial charge in [-0.2, -0.15) is 0 Å². The van der Waals surface area contributed by atoms with Gasteiger partial charge in [0.25, 0.3) is 5.91 Å². The van der Waals surface area contributed by atoms with Crippen molar-refractivity contribution in [2.24, 2.45) is 5.84 Å². The number of nitrogens with zero attached hydrogens (tertiary/aromatic N) is 1. The van der Waals surface area contributed by atoms with Crippen LogP contribution < -0.4 is 16.6 Å². The minimum Gasteiger partial charge on any atom is -0.381 e. The fraction of sp³-hybridized carbons (Fsp3) is 0.600. The minimum atomic E-state index is -0.0759. The van der Waals surface area contributed by atoms with Crippen LogP contribution in [0.1, 0.15) is 48.7 Å². The van der Waals surface area contributed by atoms with Gasteiger partial charge in [-0.3, -0.25) is 4.79 Å². The van der Waals surface area contributed by atoms with Crippen LogP contribution in [0.25, 0.3) is 0 Å². The number of ether oxygens (including phenoxy) is 1.